The van der Waals surface area contributed by atoms with Gasteiger partial charge in [0, 0.05) is 24.6 Å². The molecule has 0 fully saturated rings. The normalized spacial score (nSPS) is 10.3. The molecule has 2 N–H and O–H groups in total. The van der Waals surface area contributed by atoms with E-state index in [2.05, 4.69) is 26.7 Å². The predicted octanol–water partition coefficient (Wildman–Crippen LogP) is 3.97. The fourth-order valence-electron chi connectivity index (χ4n) is 2.71. The van der Waals surface area contributed by atoms with Crippen molar-refractivity contribution in [1.82, 2.24) is 9.97 Å². The summed E-state index contributed by atoms with van der Waals surface area (Å²) in [5.74, 6) is 1.05. The van der Waals surface area contributed by atoms with Crippen LogP contribution < -0.4 is 15.4 Å². The lowest BCUT2D eigenvalue weighted by atomic mass is 10.1. The molecule has 0 saturated heterocycles. The molecule has 0 aliphatic heterocycles. The Kier molecular flexibility index (Phi) is 5.66. The Morgan fingerprint density at radius 1 is 1.00 bits per heavy atom. The summed E-state index contributed by atoms with van der Waals surface area (Å²) in [6.07, 6.45) is 3.03. The Bertz CT molecular complexity index is 902. The molecule has 0 aliphatic carbocycles. The molecule has 1 amide bonds. The third-order valence-corrected chi connectivity index (χ3v) is 4.00. The summed E-state index contributed by atoms with van der Waals surface area (Å²) in [5, 5.41) is 6.01. The van der Waals surface area contributed by atoms with Gasteiger partial charge in [-0.3, -0.25) is 4.79 Å². The second-order valence-electron chi connectivity index (χ2n) is 6.33. The smallest absolute Gasteiger partial charge is 0.258 e. The van der Waals surface area contributed by atoms with Crippen molar-refractivity contribution in [3.63, 3.8) is 0 Å². The van der Waals surface area contributed by atoms with Crippen LogP contribution in [0.2, 0.25) is 0 Å². The molecule has 0 radical (unpaired) electrons. The van der Waals surface area contributed by atoms with Gasteiger partial charge in [0.2, 0.25) is 5.95 Å². The molecule has 0 atom stereocenters. The topological polar surface area (TPSA) is 76.1 Å². The van der Waals surface area contributed by atoms with Gasteiger partial charge in [-0.1, -0.05) is 18.2 Å². The molecule has 0 bridgehead atoms. The number of rotatable bonds is 6. The van der Waals surface area contributed by atoms with Gasteiger partial charge < -0.3 is 15.4 Å². The summed E-state index contributed by atoms with van der Waals surface area (Å²) in [4.78, 5) is 20.8. The number of ether oxygens (including phenoxy) is 1. The molecule has 0 spiro atoms. The van der Waals surface area contributed by atoms with Gasteiger partial charge in [0.05, 0.1) is 12.7 Å². The molecule has 3 rings (SSSR count). The van der Waals surface area contributed by atoms with Crippen molar-refractivity contribution in [3.05, 3.63) is 77.1 Å². The zero-order chi connectivity index (χ0) is 19.2. The lowest BCUT2D eigenvalue weighted by Crippen LogP contribution is -2.13. The quantitative estimate of drug-likeness (QED) is 0.694. The molecule has 0 unspecified atom stereocenters. The fourth-order valence-corrected chi connectivity index (χ4v) is 2.71. The van der Waals surface area contributed by atoms with Crippen LogP contribution in [-0.2, 0) is 6.54 Å². The van der Waals surface area contributed by atoms with Gasteiger partial charge in [-0.05, 0) is 54.8 Å². The van der Waals surface area contributed by atoms with Crippen molar-refractivity contribution in [2.75, 3.05) is 17.7 Å². The highest BCUT2D eigenvalue weighted by Crippen LogP contribution is 2.15. The minimum atomic E-state index is -0.235. The van der Waals surface area contributed by atoms with Crippen molar-refractivity contribution in [2.24, 2.45) is 0 Å². The predicted molar refractivity (Wildman–Crippen MR) is 106 cm³/mol. The molecule has 1 heterocycles. The largest absolute Gasteiger partial charge is 0.497 e. The number of nitrogens with zero attached hydrogens (tertiary/aromatic N) is 2. The fraction of sp³-hybridized carbons (Fsp3) is 0.190. The van der Waals surface area contributed by atoms with E-state index in [9.17, 15) is 4.79 Å². The Morgan fingerprint density at radius 2 is 1.63 bits per heavy atom. The Labute approximate surface area is 158 Å². The van der Waals surface area contributed by atoms with Crippen molar-refractivity contribution in [2.45, 2.75) is 20.4 Å². The highest BCUT2D eigenvalue weighted by molar-refractivity contribution is 6.04. The van der Waals surface area contributed by atoms with Crippen molar-refractivity contribution >= 4 is 17.5 Å². The van der Waals surface area contributed by atoms with Gasteiger partial charge in [-0.25, -0.2) is 9.97 Å². The summed E-state index contributed by atoms with van der Waals surface area (Å²) in [5.41, 5.74) is 4.44. The van der Waals surface area contributed by atoms with Crippen LogP contribution in [0.15, 0.2) is 54.9 Å². The van der Waals surface area contributed by atoms with E-state index in [1.165, 1.54) is 12.4 Å². The zero-order valence-electron chi connectivity index (χ0n) is 15.6. The van der Waals surface area contributed by atoms with Crippen molar-refractivity contribution in [1.29, 1.82) is 0 Å². The number of aromatic nitrogens is 2. The SMILES string of the molecule is COc1ccc(CNc2ncc(C(=O)Nc3cc(C)cc(C)c3)cn2)cc1. The summed E-state index contributed by atoms with van der Waals surface area (Å²) in [6.45, 7) is 4.57. The van der Waals surface area contributed by atoms with E-state index in [0.29, 0.717) is 18.1 Å². The number of benzene rings is 2. The molecule has 0 saturated carbocycles. The third-order valence-electron chi connectivity index (χ3n) is 4.00. The lowest BCUT2D eigenvalue weighted by molar-refractivity contribution is 0.102. The van der Waals surface area contributed by atoms with E-state index in [0.717, 1.165) is 28.1 Å². The first kappa shape index (κ1) is 18.4. The van der Waals surface area contributed by atoms with Crippen LogP contribution in [0.25, 0.3) is 0 Å². The standard InChI is InChI=1S/C21H22N4O2/c1-14-8-15(2)10-18(9-14)25-20(26)17-12-23-21(24-13-17)22-11-16-4-6-19(27-3)7-5-16/h4-10,12-13H,11H2,1-3H3,(H,25,26)(H,22,23,24). The number of nitrogens with one attached hydrogen (secondary N) is 2. The molecule has 27 heavy (non-hydrogen) atoms. The molecule has 0 aliphatic rings. The van der Waals surface area contributed by atoms with Gasteiger partial charge in [0.1, 0.15) is 5.75 Å². The number of carbonyl (C=O) groups is 1. The summed E-state index contributed by atoms with van der Waals surface area (Å²) in [6, 6.07) is 13.7. The van der Waals surface area contributed by atoms with Gasteiger partial charge >= 0.3 is 0 Å². The first-order chi connectivity index (χ1) is 13.0. The maximum Gasteiger partial charge on any atom is 0.258 e. The Hall–Kier alpha value is -3.41. The molecule has 6 nitrogen and oxygen atoms in total. The van der Waals surface area contributed by atoms with Crippen molar-refractivity contribution in [3.8, 4) is 5.75 Å². The molecular formula is C21H22N4O2. The van der Waals surface area contributed by atoms with Crippen LogP contribution >= 0.6 is 0 Å². The molecule has 2 aromatic carbocycles. The lowest BCUT2D eigenvalue weighted by Gasteiger charge is -2.08. The minimum absolute atomic E-state index is 0.235. The number of carbonyl (C=O) groups excluding carboxylic acids is 1. The molecule has 6 heteroatoms. The van der Waals surface area contributed by atoms with E-state index < -0.39 is 0 Å². The van der Waals surface area contributed by atoms with Gasteiger partial charge in [-0.15, -0.1) is 0 Å². The second kappa shape index (κ2) is 8.31. The summed E-state index contributed by atoms with van der Waals surface area (Å²) in [7, 11) is 1.64. The van der Waals surface area contributed by atoms with Gasteiger partial charge in [0.15, 0.2) is 0 Å². The van der Waals surface area contributed by atoms with E-state index in [1.54, 1.807) is 7.11 Å². The Balaban J connectivity index is 1.59. The number of methoxy groups -OCH3 is 1. The number of anilines is 2. The highest BCUT2D eigenvalue weighted by atomic mass is 16.5. The van der Waals surface area contributed by atoms with E-state index in [4.69, 9.17) is 4.74 Å². The van der Waals surface area contributed by atoms with E-state index in [-0.39, 0.29) is 5.91 Å². The van der Waals surface area contributed by atoms with Gasteiger partial charge in [-0.2, -0.15) is 0 Å². The van der Waals surface area contributed by atoms with E-state index in [1.807, 2.05) is 50.2 Å². The first-order valence-corrected chi connectivity index (χ1v) is 8.62. The minimum Gasteiger partial charge on any atom is -0.497 e. The average Bonchev–Trinajstić information content (AvgIpc) is 2.66. The van der Waals surface area contributed by atoms with Crippen LogP contribution in [-0.4, -0.2) is 23.0 Å². The van der Waals surface area contributed by atoms with Crippen LogP contribution in [0.1, 0.15) is 27.0 Å². The summed E-state index contributed by atoms with van der Waals surface area (Å²) >= 11 is 0. The zero-order valence-corrected chi connectivity index (χ0v) is 15.6. The van der Waals surface area contributed by atoms with Gasteiger partial charge in [0.25, 0.3) is 5.91 Å². The van der Waals surface area contributed by atoms with Crippen LogP contribution in [0.3, 0.4) is 0 Å². The number of hydrogen-bond acceptors (Lipinski definition) is 5. The van der Waals surface area contributed by atoms with E-state index >= 15 is 0 Å². The maximum absolute atomic E-state index is 12.4. The molecule has 1 aromatic heterocycles. The molecular weight excluding hydrogens is 340 g/mol. The number of hydrogen-bond donors (Lipinski definition) is 2. The number of amides is 1. The molecule has 138 valence electrons. The second-order valence-corrected chi connectivity index (χ2v) is 6.33. The average molecular weight is 362 g/mol. The summed E-state index contributed by atoms with van der Waals surface area (Å²) < 4.78 is 5.14. The highest BCUT2D eigenvalue weighted by Gasteiger charge is 2.08. The third kappa shape index (κ3) is 5.04. The molecule has 3 aromatic rings. The van der Waals surface area contributed by atoms with Crippen molar-refractivity contribution < 1.29 is 9.53 Å². The first-order valence-electron chi connectivity index (χ1n) is 8.62. The van der Waals surface area contributed by atoms with Crippen LogP contribution in [0.4, 0.5) is 11.6 Å². The number of aryl methyl sites for hydroxylation is 2. The van der Waals surface area contributed by atoms with Crippen LogP contribution in [0.5, 0.6) is 5.75 Å². The Morgan fingerprint density at radius 3 is 2.22 bits per heavy atom. The van der Waals surface area contributed by atoms with Crippen LogP contribution in [0, 0.1) is 13.8 Å². The maximum atomic E-state index is 12.4. The monoisotopic (exact) mass is 362 g/mol.